The lowest BCUT2D eigenvalue weighted by Crippen LogP contribution is -2.62. The summed E-state index contributed by atoms with van der Waals surface area (Å²) in [5, 5.41) is 42.5. The number of aliphatic carboxylic acids is 1. The molecule has 0 spiro atoms. The van der Waals surface area contributed by atoms with Crippen LogP contribution in [-0.4, -0.2) is 87.3 Å². The zero-order chi connectivity index (χ0) is 18.9. The molecule has 0 aliphatic rings. The number of carbonyl (C=O) groups excluding carboxylic acids is 3. The quantitative estimate of drug-likeness (QED) is 0.179. The standard InChI is InChI=1S/C12H21N3O8S/c1-12(5-18,11(22)23)15-10(21)7(3-17)14-9(20)6(2-16)13-8(19)4-24/h6-7,16-18,24H,2-5H2,1H3,(H,13,19)(H,14,20)(H,15,21)(H,22,23). The van der Waals surface area contributed by atoms with Gasteiger partial charge in [-0.2, -0.15) is 12.6 Å². The van der Waals surface area contributed by atoms with Gasteiger partial charge in [0.15, 0.2) is 5.54 Å². The van der Waals surface area contributed by atoms with Gasteiger partial charge in [0.2, 0.25) is 17.7 Å². The Kier molecular flexibility index (Phi) is 9.28. The summed E-state index contributed by atoms with van der Waals surface area (Å²) in [6.07, 6.45) is 0. The molecule has 11 nitrogen and oxygen atoms in total. The van der Waals surface area contributed by atoms with Gasteiger partial charge in [-0.15, -0.1) is 0 Å². The summed E-state index contributed by atoms with van der Waals surface area (Å²) in [6, 6.07) is -2.93. The number of amides is 3. The summed E-state index contributed by atoms with van der Waals surface area (Å²) >= 11 is 3.69. The molecule has 3 amide bonds. The first-order valence-corrected chi connectivity index (χ1v) is 7.37. The fourth-order valence-corrected chi connectivity index (χ4v) is 1.51. The second-order valence-electron chi connectivity index (χ2n) is 4.99. The molecule has 0 aromatic carbocycles. The third-order valence-electron chi connectivity index (χ3n) is 2.98. The van der Waals surface area contributed by atoms with Crippen molar-refractivity contribution in [2.24, 2.45) is 0 Å². The lowest BCUT2D eigenvalue weighted by Gasteiger charge is -2.27. The number of aliphatic hydroxyl groups excluding tert-OH is 3. The second kappa shape index (κ2) is 10.1. The maximum Gasteiger partial charge on any atom is 0.331 e. The first-order chi connectivity index (χ1) is 11.1. The number of thiol groups is 1. The number of carboxylic acids is 1. The summed E-state index contributed by atoms with van der Waals surface area (Å²) in [5.41, 5.74) is -2.01. The molecule has 24 heavy (non-hydrogen) atoms. The summed E-state index contributed by atoms with van der Waals surface area (Å²) in [4.78, 5) is 46.0. The molecule has 138 valence electrons. The number of nitrogens with one attached hydrogen (secondary N) is 3. The molecule has 0 bridgehead atoms. The van der Waals surface area contributed by atoms with Gasteiger partial charge in [0.1, 0.15) is 12.1 Å². The Morgan fingerprint density at radius 2 is 1.50 bits per heavy atom. The molecule has 0 aromatic heterocycles. The van der Waals surface area contributed by atoms with E-state index in [1.807, 2.05) is 5.32 Å². The maximum absolute atomic E-state index is 12.0. The third-order valence-corrected chi connectivity index (χ3v) is 3.27. The number of rotatable bonds is 10. The Morgan fingerprint density at radius 3 is 1.88 bits per heavy atom. The van der Waals surface area contributed by atoms with Gasteiger partial charge in [-0.25, -0.2) is 4.79 Å². The van der Waals surface area contributed by atoms with Gasteiger partial charge in [-0.1, -0.05) is 0 Å². The van der Waals surface area contributed by atoms with E-state index >= 15 is 0 Å². The van der Waals surface area contributed by atoms with Crippen molar-refractivity contribution in [3.63, 3.8) is 0 Å². The molecule has 3 atom stereocenters. The Labute approximate surface area is 142 Å². The predicted molar refractivity (Wildman–Crippen MR) is 83.2 cm³/mol. The number of carbonyl (C=O) groups is 4. The van der Waals surface area contributed by atoms with E-state index in [4.69, 9.17) is 15.3 Å². The van der Waals surface area contributed by atoms with E-state index in [2.05, 4.69) is 23.3 Å². The minimum absolute atomic E-state index is 0.235. The molecule has 0 radical (unpaired) electrons. The van der Waals surface area contributed by atoms with Crippen LogP contribution in [0.5, 0.6) is 0 Å². The Balaban J connectivity index is 4.95. The van der Waals surface area contributed by atoms with Crippen LogP contribution in [0.1, 0.15) is 6.92 Å². The third kappa shape index (κ3) is 6.31. The van der Waals surface area contributed by atoms with Crippen LogP contribution in [0.3, 0.4) is 0 Å². The van der Waals surface area contributed by atoms with Crippen molar-refractivity contribution in [2.45, 2.75) is 24.5 Å². The number of carboxylic acid groups (broad SMARTS) is 1. The molecule has 7 N–H and O–H groups in total. The van der Waals surface area contributed by atoms with E-state index in [-0.39, 0.29) is 5.75 Å². The van der Waals surface area contributed by atoms with Crippen molar-refractivity contribution in [3.05, 3.63) is 0 Å². The van der Waals surface area contributed by atoms with E-state index in [9.17, 15) is 24.3 Å². The van der Waals surface area contributed by atoms with Crippen molar-refractivity contribution in [1.82, 2.24) is 16.0 Å². The molecule has 0 aliphatic heterocycles. The fourth-order valence-electron chi connectivity index (χ4n) is 1.42. The highest BCUT2D eigenvalue weighted by Crippen LogP contribution is 2.03. The molecule has 0 saturated heterocycles. The van der Waals surface area contributed by atoms with Gasteiger partial charge in [0.05, 0.1) is 25.6 Å². The predicted octanol–water partition coefficient (Wildman–Crippen LogP) is -4.18. The van der Waals surface area contributed by atoms with Crippen LogP contribution < -0.4 is 16.0 Å². The summed E-state index contributed by atoms with van der Waals surface area (Å²) in [5.74, 6) is -4.43. The van der Waals surface area contributed by atoms with Crippen molar-refractivity contribution in [1.29, 1.82) is 0 Å². The van der Waals surface area contributed by atoms with E-state index in [1.54, 1.807) is 0 Å². The van der Waals surface area contributed by atoms with Gasteiger partial charge >= 0.3 is 5.97 Å². The van der Waals surface area contributed by atoms with Crippen LogP contribution in [0, 0.1) is 0 Å². The van der Waals surface area contributed by atoms with Crippen molar-refractivity contribution < 1.29 is 39.6 Å². The van der Waals surface area contributed by atoms with Crippen LogP contribution >= 0.6 is 12.6 Å². The highest BCUT2D eigenvalue weighted by Gasteiger charge is 2.36. The highest BCUT2D eigenvalue weighted by atomic mass is 32.1. The summed E-state index contributed by atoms with van der Waals surface area (Å²) in [7, 11) is 0. The minimum Gasteiger partial charge on any atom is -0.479 e. The van der Waals surface area contributed by atoms with Gasteiger partial charge in [-0.3, -0.25) is 14.4 Å². The van der Waals surface area contributed by atoms with Crippen molar-refractivity contribution >= 4 is 36.3 Å². The SMILES string of the molecule is CC(CO)(NC(=O)C(CO)NC(=O)C(CO)NC(=O)CS)C(=O)O. The zero-order valence-electron chi connectivity index (χ0n) is 12.9. The summed E-state index contributed by atoms with van der Waals surface area (Å²) < 4.78 is 0. The first-order valence-electron chi connectivity index (χ1n) is 6.73. The Morgan fingerprint density at radius 1 is 1.00 bits per heavy atom. The van der Waals surface area contributed by atoms with Gasteiger partial charge < -0.3 is 36.4 Å². The van der Waals surface area contributed by atoms with Crippen LogP contribution in [-0.2, 0) is 19.2 Å². The van der Waals surface area contributed by atoms with E-state index in [0.29, 0.717) is 0 Å². The number of hydrogen-bond acceptors (Lipinski definition) is 8. The normalized spacial score (nSPS) is 15.5. The van der Waals surface area contributed by atoms with Gasteiger partial charge in [0, 0.05) is 0 Å². The van der Waals surface area contributed by atoms with E-state index < -0.39 is 61.1 Å². The van der Waals surface area contributed by atoms with Crippen LogP contribution in [0.2, 0.25) is 0 Å². The highest BCUT2D eigenvalue weighted by molar-refractivity contribution is 7.81. The Bertz CT molecular complexity index is 489. The van der Waals surface area contributed by atoms with E-state index in [1.165, 1.54) is 0 Å². The average molecular weight is 367 g/mol. The molecule has 0 rings (SSSR count). The molecule has 3 unspecified atom stereocenters. The molecule has 12 heteroatoms. The molecule has 0 heterocycles. The number of hydrogen-bond donors (Lipinski definition) is 8. The zero-order valence-corrected chi connectivity index (χ0v) is 13.7. The van der Waals surface area contributed by atoms with Crippen LogP contribution in [0.15, 0.2) is 0 Å². The molecule has 0 saturated carbocycles. The topological polar surface area (TPSA) is 185 Å². The van der Waals surface area contributed by atoms with Crippen molar-refractivity contribution in [2.75, 3.05) is 25.6 Å². The van der Waals surface area contributed by atoms with Gasteiger partial charge in [-0.05, 0) is 6.92 Å². The molecular weight excluding hydrogens is 346 g/mol. The minimum atomic E-state index is -2.01. The molecular formula is C12H21N3O8S. The van der Waals surface area contributed by atoms with Crippen LogP contribution in [0.25, 0.3) is 0 Å². The molecule has 0 aromatic rings. The maximum atomic E-state index is 12.0. The fraction of sp³-hybridized carbons (Fsp3) is 0.667. The lowest BCUT2D eigenvalue weighted by atomic mass is 10.0. The number of aliphatic hydroxyl groups is 3. The largest absolute Gasteiger partial charge is 0.479 e. The second-order valence-corrected chi connectivity index (χ2v) is 5.31. The molecule has 0 fully saturated rings. The lowest BCUT2D eigenvalue weighted by molar-refractivity contribution is -0.149. The van der Waals surface area contributed by atoms with Crippen LogP contribution in [0.4, 0.5) is 0 Å². The smallest absolute Gasteiger partial charge is 0.331 e. The molecule has 0 aliphatic carbocycles. The van der Waals surface area contributed by atoms with Crippen molar-refractivity contribution in [3.8, 4) is 0 Å². The monoisotopic (exact) mass is 367 g/mol. The Hall–Kier alpha value is -1.89. The van der Waals surface area contributed by atoms with Gasteiger partial charge in [0.25, 0.3) is 0 Å². The average Bonchev–Trinajstić information content (AvgIpc) is 2.56. The van der Waals surface area contributed by atoms with E-state index in [0.717, 1.165) is 6.92 Å². The first kappa shape index (κ1) is 22.1. The summed E-state index contributed by atoms with van der Waals surface area (Å²) in [6.45, 7) is -1.53.